The number of carboxylic acid groups (broad SMARTS) is 1. The monoisotopic (exact) mass is 272 g/mol. The van der Waals surface area contributed by atoms with Crippen LogP contribution in [0.15, 0.2) is 40.9 Å². The van der Waals surface area contributed by atoms with E-state index in [1.165, 1.54) is 0 Å². The lowest BCUT2D eigenvalue weighted by molar-refractivity contribution is -0.143. The van der Waals surface area contributed by atoms with Crippen LogP contribution in [0.4, 0.5) is 0 Å². The number of allylic oxidation sites excluding steroid dienone is 4. The van der Waals surface area contributed by atoms with Gasteiger partial charge in [0, 0.05) is 17.7 Å². The number of nitrogens with two attached hydrogens (primary N) is 1. The van der Waals surface area contributed by atoms with Crippen LogP contribution in [0.25, 0.3) is 0 Å². The zero-order chi connectivity index (χ0) is 14.1. The fourth-order valence-corrected chi connectivity index (χ4v) is 3.40. The molecule has 3 N–H and O–H groups in total. The maximum atomic E-state index is 11.6. The Labute approximate surface area is 118 Å². The highest BCUT2D eigenvalue weighted by molar-refractivity contribution is 5.94. The van der Waals surface area contributed by atoms with Crippen LogP contribution in [0.2, 0.25) is 0 Å². The topological polar surface area (TPSA) is 75.7 Å². The number of aliphatic carboxylic acids is 1. The third-order valence-corrected chi connectivity index (χ3v) is 4.42. The molecule has 106 valence electrons. The zero-order valence-corrected chi connectivity index (χ0v) is 11.4. The van der Waals surface area contributed by atoms with Crippen LogP contribution < -0.4 is 5.73 Å². The van der Waals surface area contributed by atoms with Crippen molar-refractivity contribution in [2.75, 3.05) is 0 Å². The minimum Gasteiger partial charge on any atom is -0.481 e. The summed E-state index contributed by atoms with van der Waals surface area (Å²) in [7, 11) is 0. The Morgan fingerprint density at radius 2 is 2.15 bits per heavy atom. The fourth-order valence-electron chi connectivity index (χ4n) is 3.40. The summed E-state index contributed by atoms with van der Waals surface area (Å²) < 4.78 is 0. The molecule has 0 saturated heterocycles. The number of nitrogens with zero attached hydrogens (tertiary/aromatic N) is 1. The molecule has 4 heteroatoms. The molecular formula is C16H20N2O2. The summed E-state index contributed by atoms with van der Waals surface area (Å²) in [6.07, 6.45) is 14.2. The van der Waals surface area contributed by atoms with E-state index in [1.54, 1.807) is 0 Å². The first kappa shape index (κ1) is 13.3. The van der Waals surface area contributed by atoms with Gasteiger partial charge in [0.05, 0.1) is 12.0 Å². The van der Waals surface area contributed by atoms with E-state index in [9.17, 15) is 9.90 Å². The summed E-state index contributed by atoms with van der Waals surface area (Å²) >= 11 is 0. The third kappa shape index (κ3) is 2.24. The van der Waals surface area contributed by atoms with Crippen LogP contribution >= 0.6 is 0 Å². The molecule has 3 aliphatic rings. The van der Waals surface area contributed by atoms with Gasteiger partial charge in [-0.2, -0.15) is 0 Å². The van der Waals surface area contributed by atoms with Gasteiger partial charge >= 0.3 is 5.97 Å². The number of hydrogen-bond donors (Lipinski definition) is 2. The molecule has 1 heterocycles. The van der Waals surface area contributed by atoms with Crippen molar-refractivity contribution in [1.82, 2.24) is 0 Å². The normalized spacial score (nSPS) is 36.0. The summed E-state index contributed by atoms with van der Waals surface area (Å²) in [5.41, 5.74) is 8.35. The Morgan fingerprint density at radius 1 is 1.30 bits per heavy atom. The highest BCUT2D eigenvalue weighted by Crippen LogP contribution is 2.34. The van der Waals surface area contributed by atoms with E-state index < -0.39 is 17.9 Å². The minimum absolute atomic E-state index is 0.124. The van der Waals surface area contributed by atoms with Gasteiger partial charge in [0.15, 0.2) is 0 Å². The second-order valence-electron chi connectivity index (χ2n) is 5.68. The Balaban J connectivity index is 1.99. The highest BCUT2D eigenvalue weighted by Gasteiger charge is 2.43. The number of rotatable bonds is 2. The van der Waals surface area contributed by atoms with E-state index in [0.717, 1.165) is 37.0 Å². The molecule has 3 rings (SSSR count). The fraction of sp³-hybridized carbons (Fsp3) is 0.500. The molecule has 2 aliphatic carbocycles. The van der Waals surface area contributed by atoms with Crippen molar-refractivity contribution in [3.63, 3.8) is 0 Å². The Hall–Kier alpha value is -1.68. The molecule has 0 aromatic heterocycles. The van der Waals surface area contributed by atoms with Gasteiger partial charge in [-0.1, -0.05) is 30.4 Å². The van der Waals surface area contributed by atoms with Crippen LogP contribution in [0.3, 0.4) is 0 Å². The van der Waals surface area contributed by atoms with Gasteiger partial charge in [-0.15, -0.1) is 0 Å². The van der Waals surface area contributed by atoms with Crippen molar-refractivity contribution >= 4 is 11.7 Å². The molecular weight excluding hydrogens is 252 g/mol. The van der Waals surface area contributed by atoms with Crippen molar-refractivity contribution in [3.8, 4) is 0 Å². The predicted octanol–water partition coefficient (Wildman–Crippen LogP) is 2.08. The van der Waals surface area contributed by atoms with Gasteiger partial charge in [-0.05, 0) is 31.3 Å². The van der Waals surface area contributed by atoms with E-state index in [-0.39, 0.29) is 12.0 Å². The summed E-state index contributed by atoms with van der Waals surface area (Å²) in [6, 6.07) is -0.664. The molecule has 0 fully saturated rings. The van der Waals surface area contributed by atoms with E-state index in [2.05, 4.69) is 18.2 Å². The molecule has 0 aromatic carbocycles. The van der Waals surface area contributed by atoms with Gasteiger partial charge in [0.1, 0.15) is 0 Å². The molecule has 0 spiro atoms. The largest absolute Gasteiger partial charge is 0.481 e. The van der Waals surface area contributed by atoms with Crippen LogP contribution in [0.1, 0.15) is 25.7 Å². The lowest BCUT2D eigenvalue weighted by Crippen LogP contribution is -2.53. The Kier molecular flexibility index (Phi) is 3.57. The molecule has 0 radical (unpaired) electrons. The van der Waals surface area contributed by atoms with Gasteiger partial charge in [-0.3, -0.25) is 9.79 Å². The van der Waals surface area contributed by atoms with Crippen LogP contribution in [0.5, 0.6) is 0 Å². The first-order valence-electron chi connectivity index (χ1n) is 7.26. The Bertz CT molecular complexity index is 531. The van der Waals surface area contributed by atoms with E-state index in [4.69, 9.17) is 10.7 Å². The van der Waals surface area contributed by atoms with Gasteiger partial charge in [-0.25, -0.2) is 0 Å². The van der Waals surface area contributed by atoms with Crippen molar-refractivity contribution in [2.45, 2.75) is 37.8 Å². The van der Waals surface area contributed by atoms with Gasteiger partial charge < -0.3 is 10.8 Å². The first-order chi connectivity index (χ1) is 9.68. The van der Waals surface area contributed by atoms with Gasteiger partial charge in [0.2, 0.25) is 0 Å². The van der Waals surface area contributed by atoms with Crippen LogP contribution in [0, 0.1) is 11.8 Å². The molecule has 1 aliphatic heterocycles. The standard InChI is InChI=1S/C16H20N2O2/c17-14-13(16(19)20)11-8-4-5-9-12(11)18-15(14)10-6-2-1-3-7-10/h2,4,6-8,11,13-15H,1,3,5,9,17H2,(H,19,20). The molecule has 0 saturated carbocycles. The van der Waals surface area contributed by atoms with E-state index in [0.29, 0.717) is 0 Å². The van der Waals surface area contributed by atoms with Crippen molar-refractivity contribution in [3.05, 3.63) is 36.0 Å². The smallest absolute Gasteiger partial charge is 0.309 e. The molecule has 0 amide bonds. The van der Waals surface area contributed by atoms with Crippen LogP contribution in [-0.2, 0) is 4.79 Å². The first-order valence-corrected chi connectivity index (χ1v) is 7.26. The third-order valence-electron chi connectivity index (χ3n) is 4.42. The lowest BCUT2D eigenvalue weighted by Gasteiger charge is -2.38. The van der Waals surface area contributed by atoms with E-state index >= 15 is 0 Å². The molecule has 0 aromatic rings. The van der Waals surface area contributed by atoms with Gasteiger partial charge in [0.25, 0.3) is 0 Å². The number of fused-ring (bicyclic) bond motifs is 1. The zero-order valence-electron chi connectivity index (χ0n) is 11.4. The second kappa shape index (κ2) is 5.37. The summed E-state index contributed by atoms with van der Waals surface area (Å²) in [5.74, 6) is -1.51. The molecule has 0 bridgehead atoms. The molecule has 4 nitrogen and oxygen atoms in total. The number of carboxylic acids is 1. The quantitative estimate of drug-likeness (QED) is 0.756. The molecule has 4 unspecified atom stereocenters. The van der Waals surface area contributed by atoms with Crippen molar-refractivity contribution in [1.29, 1.82) is 0 Å². The second-order valence-corrected chi connectivity index (χ2v) is 5.68. The summed E-state index contributed by atoms with van der Waals surface area (Å²) in [6.45, 7) is 0. The molecule has 20 heavy (non-hydrogen) atoms. The minimum atomic E-state index is -0.813. The van der Waals surface area contributed by atoms with Crippen molar-refractivity contribution < 1.29 is 9.90 Å². The maximum absolute atomic E-state index is 11.6. The average Bonchev–Trinajstić information content (AvgIpc) is 2.47. The number of carbonyl (C=O) groups is 1. The Morgan fingerprint density at radius 3 is 2.85 bits per heavy atom. The maximum Gasteiger partial charge on any atom is 0.309 e. The molecule has 4 atom stereocenters. The highest BCUT2D eigenvalue weighted by atomic mass is 16.4. The summed E-state index contributed by atoms with van der Waals surface area (Å²) in [5, 5.41) is 9.56. The van der Waals surface area contributed by atoms with Crippen LogP contribution in [-0.4, -0.2) is 28.9 Å². The van der Waals surface area contributed by atoms with E-state index in [1.807, 2.05) is 12.2 Å². The van der Waals surface area contributed by atoms with Crippen molar-refractivity contribution in [2.24, 2.45) is 22.6 Å². The lowest BCUT2D eigenvalue weighted by atomic mass is 9.72. The predicted molar refractivity (Wildman–Crippen MR) is 78.6 cm³/mol. The number of hydrogen-bond acceptors (Lipinski definition) is 3. The average molecular weight is 272 g/mol. The number of aliphatic imine (C=N–C) groups is 1. The SMILES string of the molecule is NC1C(C2=CCCC=C2)N=C2CCC=CC2C1C(=O)O. The summed E-state index contributed by atoms with van der Waals surface area (Å²) in [4.78, 5) is 16.4.